The van der Waals surface area contributed by atoms with Gasteiger partial charge in [0.25, 0.3) is 0 Å². The Hall–Kier alpha value is -3.27. The molecule has 5 N–H and O–H groups in total. The van der Waals surface area contributed by atoms with Crippen LogP contribution in [-0.4, -0.2) is 45.2 Å². The largest absolute Gasteiger partial charge is 0.506 e. The number of ether oxygens (including phenoxy) is 2. The van der Waals surface area contributed by atoms with Crippen LogP contribution in [0.5, 0.6) is 17.2 Å². The summed E-state index contributed by atoms with van der Waals surface area (Å²) in [6, 6.07) is 19.6. The highest BCUT2D eigenvalue weighted by molar-refractivity contribution is 7.92. The van der Waals surface area contributed by atoms with Gasteiger partial charge in [0.2, 0.25) is 10.0 Å². The van der Waals surface area contributed by atoms with Crippen LogP contribution >= 0.6 is 0 Å². The van der Waals surface area contributed by atoms with E-state index in [9.17, 15) is 18.6 Å². The van der Waals surface area contributed by atoms with E-state index in [1.165, 1.54) is 12.1 Å². The van der Waals surface area contributed by atoms with Gasteiger partial charge < -0.3 is 25.4 Å². The summed E-state index contributed by atoms with van der Waals surface area (Å²) in [5.41, 5.74) is 9.15. The zero-order valence-corrected chi connectivity index (χ0v) is 22.4. The van der Waals surface area contributed by atoms with Crippen LogP contribution in [-0.2, 0) is 10.0 Å². The van der Waals surface area contributed by atoms with Crippen LogP contribution in [0.1, 0.15) is 48.4 Å². The number of sulfonamides is 1. The first kappa shape index (κ1) is 28.3. The maximum atomic E-state index is 11.6. The molecule has 0 bridgehead atoms. The summed E-state index contributed by atoms with van der Waals surface area (Å²) < 4.78 is 36.1. The third-order valence-corrected chi connectivity index (χ3v) is 7.02. The number of anilines is 1. The van der Waals surface area contributed by atoms with E-state index in [-0.39, 0.29) is 23.3 Å². The first-order valence-corrected chi connectivity index (χ1v) is 13.9. The SMILES string of the molecule is COc1ccc(C(CC(C)C[C@@H](O)C(N)c2ccc(O)c(NS(C)(=O)=O)c2)c2ccc(OC)cc2)cc1. The van der Waals surface area contributed by atoms with Gasteiger partial charge in [-0.1, -0.05) is 37.3 Å². The van der Waals surface area contributed by atoms with Crippen molar-refractivity contribution in [3.05, 3.63) is 83.4 Å². The van der Waals surface area contributed by atoms with Crippen molar-refractivity contribution >= 4 is 15.7 Å². The molecule has 8 nitrogen and oxygen atoms in total. The van der Waals surface area contributed by atoms with E-state index in [2.05, 4.69) is 35.9 Å². The van der Waals surface area contributed by atoms with Crippen molar-refractivity contribution in [2.24, 2.45) is 11.7 Å². The van der Waals surface area contributed by atoms with Crippen molar-refractivity contribution in [1.82, 2.24) is 0 Å². The van der Waals surface area contributed by atoms with E-state index in [1.807, 2.05) is 24.3 Å². The fourth-order valence-electron chi connectivity index (χ4n) is 4.46. The minimum absolute atomic E-state index is 0.0229. The molecule has 3 atom stereocenters. The molecule has 0 fully saturated rings. The van der Waals surface area contributed by atoms with Crippen molar-refractivity contribution in [2.45, 2.75) is 37.8 Å². The fourth-order valence-corrected chi connectivity index (χ4v) is 5.02. The molecule has 3 aromatic carbocycles. The highest BCUT2D eigenvalue weighted by Gasteiger charge is 2.24. The maximum Gasteiger partial charge on any atom is 0.229 e. The Morgan fingerprint density at radius 3 is 1.81 bits per heavy atom. The van der Waals surface area contributed by atoms with Gasteiger partial charge in [-0.25, -0.2) is 8.42 Å². The van der Waals surface area contributed by atoms with Gasteiger partial charge in [-0.3, -0.25) is 4.72 Å². The lowest BCUT2D eigenvalue weighted by atomic mass is 9.81. The van der Waals surface area contributed by atoms with Gasteiger partial charge in [0.1, 0.15) is 17.2 Å². The second-order valence-electron chi connectivity index (χ2n) is 9.42. The number of benzene rings is 3. The molecule has 0 saturated carbocycles. The predicted octanol–water partition coefficient (Wildman–Crippen LogP) is 4.39. The molecule has 0 saturated heterocycles. The van der Waals surface area contributed by atoms with Gasteiger partial charge in [0.05, 0.1) is 38.3 Å². The molecule has 0 amide bonds. The van der Waals surface area contributed by atoms with Gasteiger partial charge in [-0.2, -0.15) is 0 Å². The molecule has 2 unspecified atom stereocenters. The van der Waals surface area contributed by atoms with Crippen molar-refractivity contribution in [1.29, 1.82) is 0 Å². The van der Waals surface area contributed by atoms with Crippen LogP contribution in [0.4, 0.5) is 5.69 Å². The van der Waals surface area contributed by atoms with Gasteiger partial charge >= 0.3 is 0 Å². The summed E-state index contributed by atoms with van der Waals surface area (Å²) in [6.07, 6.45) is 1.31. The summed E-state index contributed by atoms with van der Waals surface area (Å²) >= 11 is 0. The van der Waals surface area contributed by atoms with Crippen molar-refractivity contribution in [3.8, 4) is 17.2 Å². The lowest BCUT2D eigenvalue weighted by Gasteiger charge is -2.26. The van der Waals surface area contributed by atoms with Crippen LogP contribution in [0.15, 0.2) is 66.7 Å². The lowest BCUT2D eigenvalue weighted by Crippen LogP contribution is -2.28. The number of aromatic hydroxyl groups is 1. The molecule has 3 rings (SSSR count). The quantitative estimate of drug-likeness (QED) is 0.256. The van der Waals surface area contributed by atoms with E-state index >= 15 is 0 Å². The second kappa shape index (κ2) is 12.3. The molecular weight excluding hydrogens is 492 g/mol. The second-order valence-corrected chi connectivity index (χ2v) is 11.2. The zero-order chi connectivity index (χ0) is 27.2. The van der Waals surface area contributed by atoms with Crippen molar-refractivity contribution < 1.29 is 28.1 Å². The zero-order valence-electron chi connectivity index (χ0n) is 21.6. The Bertz CT molecular complexity index is 1220. The number of hydrogen-bond donors (Lipinski definition) is 4. The standard InChI is InChI=1S/C28H36N2O6S/c1-18(16-27(32)28(29)21-9-14-26(31)25(17-21)30-37(4,33)34)15-24(19-5-10-22(35-2)11-6-19)20-7-12-23(36-3)13-8-20/h5-14,17-18,24,27-28,30-32H,15-16,29H2,1-4H3/t18?,27-,28?/m1/s1. The molecule has 0 radical (unpaired) electrons. The molecule has 0 aliphatic rings. The highest BCUT2D eigenvalue weighted by Crippen LogP contribution is 2.35. The number of phenolic OH excluding ortho intramolecular Hbond substituents is 1. The van der Waals surface area contributed by atoms with Crippen molar-refractivity contribution in [2.75, 3.05) is 25.2 Å². The molecule has 0 aliphatic carbocycles. The third kappa shape index (κ3) is 7.85. The summed E-state index contributed by atoms with van der Waals surface area (Å²) in [5, 5.41) is 21.0. The molecule has 0 aliphatic heterocycles. The summed E-state index contributed by atoms with van der Waals surface area (Å²) in [5.74, 6) is 1.53. The number of nitrogens with two attached hydrogens (primary N) is 1. The van der Waals surface area contributed by atoms with Crippen LogP contribution in [0.25, 0.3) is 0 Å². The average Bonchev–Trinajstić information content (AvgIpc) is 2.87. The molecular formula is C28H36N2O6S. The van der Waals surface area contributed by atoms with E-state index < -0.39 is 22.2 Å². The van der Waals surface area contributed by atoms with E-state index in [4.69, 9.17) is 15.2 Å². The molecule has 0 aromatic heterocycles. The topological polar surface area (TPSA) is 131 Å². The van der Waals surface area contributed by atoms with Gasteiger partial charge in [0, 0.05) is 5.92 Å². The van der Waals surface area contributed by atoms with Crippen LogP contribution in [0.3, 0.4) is 0 Å². The van der Waals surface area contributed by atoms with E-state index in [1.54, 1.807) is 20.3 Å². The molecule has 0 heterocycles. The molecule has 3 aromatic rings. The number of hydrogen-bond acceptors (Lipinski definition) is 7. The first-order chi connectivity index (χ1) is 17.5. The lowest BCUT2D eigenvalue weighted by molar-refractivity contribution is 0.115. The summed E-state index contributed by atoms with van der Waals surface area (Å²) in [6.45, 7) is 2.07. The van der Waals surface area contributed by atoms with Crippen LogP contribution in [0.2, 0.25) is 0 Å². The molecule has 200 valence electrons. The number of aliphatic hydroxyl groups is 1. The highest BCUT2D eigenvalue weighted by atomic mass is 32.2. The predicted molar refractivity (Wildman–Crippen MR) is 146 cm³/mol. The number of rotatable bonds is 12. The van der Waals surface area contributed by atoms with Crippen molar-refractivity contribution in [3.63, 3.8) is 0 Å². The Labute approximate surface area is 219 Å². The molecule has 37 heavy (non-hydrogen) atoms. The summed E-state index contributed by atoms with van der Waals surface area (Å²) in [7, 11) is -0.314. The van der Waals surface area contributed by atoms with Gasteiger partial charge in [-0.05, 0) is 71.8 Å². The van der Waals surface area contributed by atoms with E-state index in [0.29, 0.717) is 12.0 Å². The molecule has 0 spiro atoms. The van der Waals surface area contributed by atoms with E-state index in [0.717, 1.165) is 35.3 Å². The Morgan fingerprint density at radius 2 is 1.35 bits per heavy atom. The van der Waals surface area contributed by atoms with Gasteiger partial charge in [-0.15, -0.1) is 0 Å². The van der Waals surface area contributed by atoms with Gasteiger partial charge in [0.15, 0.2) is 0 Å². The Morgan fingerprint density at radius 1 is 0.865 bits per heavy atom. The number of phenols is 1. The van der Waals surface area contributed by atoms with Crippen LogP contribution < -0.4 is 19.9 Å². The Balaban J connectivity index is 1.77. The Kier molecular flexibility index (Phi) is 9.42. The fraction of sp³-hybridized carbons (Fsp3) is 0.357. The average molecular weight is 529 g/mol. The maximum absolute atomic E-state index is 11.6. The first-order valence-electron chi connectivity index (χ1n) is 12.0. The number of nitrogens with one attached hydrogen (secondary N) is 1. The number of aliphatic hydroxyl groups excluding tert-OH is 1. The molecule has 9 heteroatoms. The third-order valence-electron chi connectivity index (χ3n) is 6.43. The van der Waals surface area contributed by atoms with Crippen LogP contribution in [0, 0.1) is 5.92 Å². The summed E-state index contributed by atoms with van der Waals surface area (Å²) in [4.78, 5) is 0. The number of methoxy groups -OCH3 is 2. The monoisotopic (exact) mass is 528 g/mol. The normalized spacial score (nSPS) is 14.1. The minimum Gasteiger partial charge on any atom is -0.506 e. The smallest absolute Gasteiger partial charge is 0.229 e. The minimum atomic E-state index is -3.59.